The number of ether oxygens (including phenoxy) is 1. The van der Waals surface area contributed by atoms with Crippen LogP contribution in [0.2, 0.25) is 0 Å². The lowest BCUT2D eigenvalue weighted by Crippen LogP contribution is -2.10. The van der Waals surface area contributed by atoms with Gasteiger partial charge >= 0.3 is 0 Å². The number of hydrogen-bond acceptors (Lipinski definition) is 2. The van der Waals surface area contributed by atoms with E-state index in [0.29, 0.717) is 5.92 Å². The van der Waals surface area contributed by atoms with E-state index < -0.39 is 0 Å². The summed E-state index contributed by atoms with van der Waals surface area (Å²) in [6.45, 7) is 0. The number of rotatable bonds is 9. The van der Waals surface area contributed by atoms with Gasteiger partial charge in [0.15, 0.2) is 0 Å². The van der Waals surface area contributed by atoms with Crippen molar-refractivity contribution in [2.24, 2.45) is 0 Å². The van der Waals surface area contributed by atoms with E-state index in [9.17, 15) is 0 Å². The summed E-state index contributed by atoms with van der Waals surface area (Å²) in [5.74, 6) is 1.18. The number of allylic oxidation sites excluding steroid dienone is 4. The Morgan fingerprint density at radius 2 is 0.931 bits per heavy atom. The Morgan fingerprint density at radius 3 is 1.47 bits per heavy atom. The number of fused-ring (bicyclic) bond motifs is 3. The predicted molar refractivity (Wildman–Crippen MR) is 244 cm³/mol. The first kappa shape index (κ1) is 35.1. The van der Waals surface area contributed by atoms with E-state index in [0.717, 1.165) is 46.0 Å². The fraction of sp³-hybridized carbons (Fsp3) is 0.0545. The zero-order chi connectivity index (χ0) is 38.8. The Morgan fingerprint density at radius 1 is 0.466 bits per heavy atom. The largest absolute Gasteiger partial charge is 0.497 e. The maximum absolute atomic E-state index is 5.40. The zero-order valence-electron chi connectivity index (χ0n) is 32.4. The molecule has 1 unspecified atom stereocenters. The van der Waals surface area contributed by atoms with E-state index in [-0.39, 0.29) is 0 Å². The molecule has 58 heavy (non-hydrogen) atoms. The highest BCUT2D eigenvalue weighted by atomic mass is 16.5. The second-order valence-electron chi connectivity index (χ2n) is 14.9. The lowest BCUT2D eigenvalue weighted by molar-refractivity contribution is 0.415. The number of benzene rings is 8. The van der Waals surface area contributed by atoms with Gasteiger partial charge < -0.3 is 14.2 Å². The van der Waals surface area contributed by atoms with Crippen molar-refractivity contribution in [3.05, 3.63) is 230 Å². The van der Waals surface area contributed by atoms with Crippen molar-refractivity contribution in [1.29, 1.82) is 0 Å². The summed E-state index contributed by atoms with van der Waals surface area (Å²) in [4.78, 5) is 2.35. The van der Waals surface area contributed by atoms with Crippen molar-refractivity contribution in [3.8, 4) is 33.7 Å². The normalized spacial score (nSPS) is 13.7. The van der Waals surface area contributed by atoms with Crippen molar-refractivity contribution in [3.63, 3.8) is 0 Å². The molecule has 278 valence electrons. The van der Waals surface area contributed by atoms with E-state index in [1.165, 1.54) is 49.6 Å². The third-order valence-corrected chi connectivity index (χ3v) is 11.5. The molecule has 0 N–H and O–H groups in total. The fourth-order valence-corrected chi connectivity index (χ4v) is 8.45. The van der Waals surface area contributed by atoms with Crippen LogP contribution >= 0.6 is 0 Å². The first-order valence-corrected chi connectivity index (χ1v) is 20.0. The Labute approximate surface area is 340 Å². The molecule has 1 aromatic heterocycles. The number of anilines is 3. The Balaban J connectivity index is 0.968. The van der Waals surface area contributed by atoms with E-state index in [4.69, 9.17) is 4.74 Å². The summed E-state index contributed by atoms with van der Waals surface area (Å²) in [5.41, 5.74) is 15.4. The first-order chi connectivity index (χ1) is 28.7. The van der Waals surface area contributed by atoms with Crippen LogP contribution in [0.5, 0.6) is 5.75 Å². The highest BCUT2D eigenvalue weighted by Gasteiger charge is 2.17. The zero-order valence-corrected chi connectivity index (χ0v) is 32.4. The van der Waals surface area contributed by atoms with E-state index in [2.05, 4.69) is 216 Å². The monoisotopic (exact) mass is 746 g/mol. The summed E-state index contributed by atoms with van der Waals surface area (Å²) in [5, 5.41) is 2.54. The van der Waals surface area contributed by atoms with Crippen LogP contribution in [0.4, 0.5) is 17.1 Å². The quantitative estimate of drug-likeness (QED) is 0.146. The summed E-state index contributed by atoms with van der Waals surface area (Å²) >= 11 is 0. The van der Waals surface area contributed by atoms with Gasteiger partial charge in [-0.1, -0.05) is 146 Å². The van der Waals surface area contributed by atoms with Crippen LogP contribution in [0.15, 0.2) is 218 Å². The SMILES string of the molecule is COc1ccc(-c2ccc(N(c3ccc(-c4ccc(-n5c6ccccc6c6ccccc65)cc4)cc3)c3ccc(C4C=C(c5ccccc5)C=CC4)cc3)cc2)cc1. The highest BCUT2D eigenvalue weighted by Crippen LogP contribution is 2.39. The van der Waals surface area contributed by atoms with Crippen LogP contribution in [0.25, 0.3) is 55.3 Å². The molecule has 0 saturated carbocycles. The van der Waals surface area contributed by atoms with Gasteiger partial charge in [-0.05, 0) is 118 Å². The Hall–Kier alpha value is -7.36. The van der Waals surface area contributed by atoms with Crippen molar-refractivity contribution in [2.45, 2.75) is 12.3 Å². The maximum atomic E-state index is 5.40. The molecule has 0 amide bonds. The van der Waals surface area contributed by atoms with Gasteiger partial charge in [0.05, 0.1) is 18.1 Å². The maximum Gasteiger partial charge on any atom is 0.118 e. The standard InChI is InChI=1S/C55H42N2O/c1-58-51-36-26-43(27-37-51)42-20-30-48(31-21-42)56(49-32-24-44(25-33-49)46-13-9-12-45(38-46)39-10-3-2-4-11-39)47-28-18-40(19-29-47)41-22-34-50(35-23-41)57-54-16-7-5-14-52(54)53-15-6-8-17-55(53)57/h2-12,14-38,46H,13H2,1H3. The minimum absolute atomic E-state index is 0.326. The first-order valence-electron chi connectivity index (χ1n) is 20.0. The molecule has 1 aliphatic carbocycles. The van der Waals surface area contributed by atoms with Crippen LogP contribution in [0.1, 0.15) is 23.5 Å². The molecule has 3 heteroatoms. The van der Waals surface area contributed by atoms with Crippen LogP contribution in [0.3, 0.4) is 0 Å². The van der Waals surface area contributed by atoms with Gasteiger partial charge in [0, 0.05) is 39.4 Å². The van der Waals surface area contributed by atoms with Gasteiger partial charge in [0.2, 0.25) is 0 Å². The molecule has 0 spiro atoms. The van der Waals surface area contributed by atoms with Crippen LogP contribution in [-0.2, 0) is 0 Å². The summed E-state index contributed by atoms with van der Waals surface area (Å²) in [6.07, 6.45) is 7.96. The van der Waals surface area contributed by atoms with Gasteiger partial charge in [-0.3, -0.25) is 0 Å². The number of methoxy groups -OCH3 is 1. The van der Waals surface area contributed by atoms with Crippen molar-refractivity contribution in [1.82, 2.24) is 4.57 Å². The predicted octanol–water partition coefficient (Wildman–Crippen LogP) is 14.7. The molecule has 0 aliphatic heterocycles. The fourth-order valence-electron chi connectivity index (χ4n) is 8.45. The lowest BCUT2D eigenvalue weighted by atomic mass is 9.87. The molecule has 0 radical (unpaired) electrons. The molecule has 10 rings (SSSR count). The van der Waals surface area contributed by atoms with Gasteiger partial charge in [0.25, 0.3) is 0 Å². The van der Waals surface area contributed by atoms with E-state index in [1.807, 2.05) is 12.1 Å². The molecule has 0 saturated heterocycles. The molecule has 0 bridgehead atoms. The van der Waals surface area contributed by atoms with Gasteiger partial charge in [-0.2, -0.15) is 0 Å². The summed E-state index contributed by atoms with van der Waals surface area (Å²) < 4.78 is 7.76. The van der Waals surface area contributed by atoms with Crippen molar-refractivity contribution in [2.75, 3.05) is 12.0 Å². The summed E-state index contributed by atoms with van der Waals surface area (Å²) in [7, 11) is 1.70. The minimum atomic E-state index is 0.326. The molecule has 1 atom stereocenters. The second-order valence-corrected chi connectivity index (χ2v) is 14.9. The van der Waals surface area contributed by atoms with Crippen molar-refractivity contribution < 1.29 is 4.74 Å². The third kappa shape index (κ3) is 6.67. The van der Waals surface area contributed by atoms with Crippen molar-refractivity contribution >= 4 is 44.4 Å². The third-order valence-electron chi connectivity index (χ3n) is 11.5. The second kappa shape index (κ2) is 15.3. The van der Waals surface area contributed by atoms with Gasteiger partial charge in [-0.25, -0.2) is 0 Å². The molecule has 1 heterocycles. The highest BCUT2D eigenvalue weighted by molar-refractivity contribution is 6.09. The van der Waals surface area contributed by atoms with Gasteiger partial charge in [0.1, 0.15) is 5.75 Å². The Bertz CT molecular complexity index is 2850. The number of nitrogens with zero attached hydrogens (tertiary/aromatic N) is 2. The molecule has 8 aromatic carbocycles. The number of hydrogen-bond donors (Lipinski definition) is 0. The smallest absolute Gasteiger partial charge is 0.118 e. The molecule has 3 nitrogen and oxygen atoms in total. The topological polar surface area (TPSA) is 17.4 Å². The average Bonchev–Trinajstić information content (AvgIpc) is 3.65. The van der Waals surface area contributed by atoms with Crippen LogP contribution < -0.4 is 9.64 Å². The molecule has 1 aliphatic rings. The number of aromatic nitrogens is 1. The molecular weight excluding hydrogens is 705 g/mol. The Kier molecular flexibility index (Phi) is 9.25. The molecule has 0 fully saturated rings. The van der Waals surface area contributed by atoms with Crippen LogP contribution in [0, 0.1) is 0 Å². The number of para-hydroxylation sites is 2. The summed E-state index contributed by atoms with van der Waals surface area (Å²) in [6, 6.07) is 72.1. The average molecular weight is 747 g/mol. The van der Waals surface area contributed by atoms with E-state index >= 15 is 0 Å². The van der Waals surface area contributed by atoms with Gasteiger partial charge in [-0.15, -0.1) is 0 Å². The molecular formula is C55H42N2O. The van der Waals surface area contributed by atoms with Crippen LogP contribution in [-0.4, -0.2) is 11.7 Å². The lowest BCUT2D eigenvalue weighted by Gasteiger charge is -2.27. The molecule has 9 aromatic rings. The minimum Gasteiger partial charge on any atom is -0.497 e. The van der Waals surface area contributed by atoms with E-state index in [1.54, 1.807) is 7.11 Å².